The van der Waals surface area contributed by atoms with Gasteiger partial charge in [0.15, 0.2) is 0 Å². The van der Waals surface area contributed by atoms with Crippen molar-refractivity contribution in [3.05, 3.63) is 69.7 Å². The molecular formula is C14H13ClF2N2. The molecule has 0 saturated heterocycles. The third kappa shape index (κ3) is 2.61. The number of hydrazine groups is 1. The van der Waals surface area contributed by atoms with Crippen LogP contribution in [0.15, 0.2) is 36.4 Å². The summed E-state index contributed by atoms with van der Waals surface area (Å²) in [7, 11) is 0. The number of nitrogens with one attached hydrogen (secondary N) is 1. The van der Waals surface area contributed by atoms with Crippen molar-refractivity contribution in [3.63, 3.8) is 0 Å². The Morgan fingerprint density at radius 1 is 1.11 bits per heavy atom. The summed E-state index contributed by atoms with van der Waals surface area (Å²) in [6.45, 7) is 1.82. The zero-order valence-electron chi connectivity index (χ0n) is 10.3. The minimum atomic E-state index is -0.839. The fraction of sp³-hybridized carbons (Fsp3) is 0.143. The van der Waals surface area contributed by atoms with Crippen molar-refractivity contribution in [1.29, 1.82) is 0 Å². The van der Waals surface area contributed by atoms with Crippen LogP contribution in [-0.2, 0) is 0 Å². The lowest BCUT2D eigenvalue weighted by Crippen LogP contribution is -2.30. The van der Waals surface area contributed by atoms with E-state index in [0.717, 1.165) is 5.56 Å². The number of halogens is 3. The van der Waals surface area contributed by atoms with E-state index in [2.05, 4.69) is 5.43 Å². The first-order valence-electron chi connectivity index (χ1n) is 5.71. The first-order chi connectivity index (χ1) is 9.06. The minimum Gasteiger partial charge on any atom is -0.271 e. The quantitative estimate of drug-likeness (QED) is 0.668. The Hall–Kier alpha value is -1.49. The zero-order chi connectivity index (χ0) is 14.0. The van der Waals surface area contributed by atoms with E-state index in [1.165, 1.54) is 18.2 Å². The van der Waals surface area contributed by atoms with E-state index in [0.29, 0.717) is 10.6 Å². The van der Waals surface area contributed by atoms with Gasteiger partial charge < -0.3 is 0 Å². The summed E-state index contributed by atoms with van der Waals surface area (Å²) >= 11 is 6.18. The van der Waals surface area contributed by atoms with Crippen molar-refractivity contribution in [2.75, 3.05) is 0 Å². The third-order valence-electron chi connectivity index (χ3n) is 2.99. The Morgan fingerprint density at radius 2 is 1.68 bits per heavy atom. The second kappa shape index (κ2) is 5.65. The molecule has 2 aromatic rings. The number of hydrogen-bond acceptors (Lipinski definition) is 2. The highest BCUT2D eigenvalue weighted by Gasteiger charge is 2.23. The highest BCUT2D eigenvalue weighted by molar-refractivity contribution is 6.32. The molecule has 2 rings (SSSR count). The maximum Gasteiger partial charge on any atom is 0.131 e. The summed E-state index contributed by atoms with van der Waals surface area (Å²) in [5.41, 5.74) is 3.63. The van der Waals surface area contributed by atoms with Crippen molar-refractivity contribution in [3.8, 4) is 0 Å². The van der Waals surface area contributed by atoms with E-state index < -0.39 is 17.7 Å². The van der Waals surface area contributed by atoms with Gasteiger partial charge in [-0.2, -0.15) is 0 Å². The van der Waals surface area contributed by atoms with Gasteiger partial charge in [0.05, 0.1) is 6.04 Å². The van der Waals surface area contributed by atoms with Crippen LogP contribution in [0.3, 0.4) is 0 Å². The molecule has 0 amide bonds. The highest BCUT2D eigenvalue weighted by atomic mass is 35.5. The molecule has 0 saturated carbocycles. The van der Waals surface area contributed by atoms with Gasteiger partial charge >= 0.3 is 0 Å². The standard InChI is InChI=1S/C14H13ClF2N2/c1-8-4-2-5-9(13(8)15)14(19-18)12-10(16)6-3-7-11(12)17/h2-7,14,19H,18H2,1H3. The summed E-state index contributed by atoms with van der Waals surface area (Å²) in [6, 6.07) is 8.11. The van der Waals surface area contributed by atoms with Crippen LogP contribution in [0, 0.1) is 18.6 Å². The van der Waals surface area contributed by atoms with Crippen molar-refractivity contribution in [2.45, 2.75) is 13.0 Å². The molecule has 0 aliphatic rings. The summed E-state index contributed by atoms with van der Waals surface area (Å²) in [4.78, 5) is 0. The van der Waals surface area contributed by atoms with Crippen LogP contribution in [0.1, 0.15) is 22.7 Å². The molecule has 0 fully saturated rings. The molecule has 0 radical (unpaired) electrons. The van der Waals surface area contributed by atoms with Crippen molar-refractivity contribution in [1.82, 2.24) is 5.43 Å². The summed E-state index contributed by atoms with van der Waals surface area (Å²) in [5.74, 6) is 4.12. The fourth-order valence-electron chi connectivity index (χ4n) is 2.01. The van der Waals surface area contributed by atoms with Crippen LogP contribution >= 0.6 is 11.6 Å². The Labute approximate surface area is 115 Å². The zero-order valence-corrected chi connectivity index (χ0v) is 11.0. The number of hydrogen-bond donors (Lipinski definition) is 2. The maximum atomic E-state index is 13.8. The molecule has 0 aliphatic heterocycles. The summed E-state index contributed by atoms with van der Waals surface area (Å²) in [5, 5.41) is 0.438. The van der Waals surface area contributed by atoms with Crippen LogP contribution in [0.5, 0.6) is 0 Å². The molecule has 0 aliphatic carbocycles. The van der Waals surface area contributed by atoms with E-state index in [1.807, 2.05) is 13.0 Å². The minimum absolute atomic E-state index is 0.141. The Morgan fingerprint density at radius 3 is 2.26 bits per heavy atom. The van der Waals surface area contributed by atoms with Crippen LogP contribution in [0.4, 0.5) is 8.78 Å². The Kier molecular flexibility index (Phi) is 4.14. The second-order valence-corrected chi connectivity index (χ2v) is 4.59. The van der Waals surface area contributed by atoms with Crippen LogP contribution in [-0.4, -0.2) is 0 Å². The first-order valence-corrected chi connectivity index (χ1v) is 6.09. The Bertz CT molecular complexity index is 582. The average Bonchev–Trinajstić information content (AvgIpc) is 2.38. The van der Waals surface area contributed by atoms with Gasteiger partial charge in [0.25, 0.3) is 0 Å². The molecule has 100 valence electrons. The molecular weight excluding hydrogens is 270 g/mol. The van der Waals surface area contributed by atoms with E-state index in [9.17, 15) is 8.78 Å². The lowest BCUT2D eigenvalue weighted by atomic mass is 9.97. The van der Waals surface area contributed by atoms with Gasteiger partial charge in [-0.3, -0.25) is 5.84 Å². The molecule has 0 spiro atoms. The van der Waals surface area contributed by atoms with Crippen molar-refractivity contribution in [2.24, 2.45) is 5.84 Å². The van der Waals surface area contributed by atoms with Gasteiger partial charge in [-0.05, 0) is 30.2 Å². The third-order valence-corrected chi connectivity index (χ3v) is 3.50. The molecule has 1 unspecified atom stereocenters. The molecule has 0 heterocycles. The number of aryl methyl sites for hydroxylation is 1. The molecule has 2 aromatic carbocycles. The summed E-state index contributed by atoms with van der Waals surface area (Å²) in [6.07, 6.45) is 0. The van der Waals surface area contributed by atoms with E-state index in [4.69, 9.17) is 17.4 Å². The van der Waals surface area contributed by atoms with Gasteiger partial charge in [0.2, 0.25) is 0 Å². The van der Waals surface area contributed by atoms with Gasteiger partial charge in [0, 0.05) is 10.6 Å². The van der Waals surface area contributed by atoms with Gasteiger partial charge in [-0.25, -0.2) is 14.2 Å². The first kappa shape index (κ1) is 13.9. The second-order valence-electron chi connectivity index (χ2n) is 4.21. The summed E-state index contributed by atoms with van der Waals surface area (Å²) < 4.78 is 27.7. The van der Waals surface area contributed by atoms with Crippen LogP contribution < -0.4 is 11.3 Å². The van der Waals surface area contributed by atoms with Crippen molar-refractivity contribution < 1.29 is 8.78 Å². The molecule has 5 heteroatoms. The smallest absolute Gasteiger partial charge is 0.131 e. The van der Waals surface area contributed by atoms with Crippen LogP contribution in [0.25, 0.3) is 0 Å². The monoisotopic (exact) mass is 282 g/mol. The largest absolute Gasteiger partial charge is 0.271 e. The molecule has 3 N–H and O–H groups in total. The predicted molar refractivity (Wildman–Crippen MR) is 71.7 cm³/mol. The van der Waals surface area contributed by atoms with Gasteiger partial charge in [0.1, 0.15) is 11.6 Å². The average molecular weight is 283 g/mol. The lowest BCUT2D eigenvalue weighted by Gasteiger charge is -2.20. The molecule has 19 heavy (non-hydrogen) atoms. The number of benzene rings is 2. The van der Waals surface area contributed by atoms with E-state index in [1.54, 1.807) is 12.1 Å². The molecule has 2 nitrogen and oxygen atoms in total. The number of rotatable bonds is 3. The highest BCUT2D eigenvalue weighted by Crippen LogP contribution is 2.32. The topological polar surface area (TPSA) is 38.0 Å². The number of nitrogens with two attached hydrogens (primary N) is 1. The van der Waals surface area contributed by atoms with Gasteiger partial charge in [-0.15, -0.1) is 0 Å². The van der Waals surface area contributed by atoms with Crippen LogP contribution in [0.2, 0.25) is 5.02 Å². The van der Waals surface area contributed by atoms with Gasteiger partial charge in [-0.1, -0.05) is 35.9 Å². The SMILES string of the molecule is Cc1cccc(C(NN)c2c(F)cccc2F)c1Cl. The van der Waals surface area contributed by atoms with E-state index in [-0.39, 0.29) is 5.56 Å². The molecule has 0 aromatic heterocycles. The maximum absolute atomic E-state index is 13.8. The molecule has 0 bridgehead atoms. The normalized spacial score (nSPS) is 12.5. The lowest BCUT2D eigenvalue weighted by molar-refractivity contribution is 0.510. The van der Waals surface area contributed by atoms with E-state index >= 15 is 0 Å². The Balaban J connectivity index is 2.60. The molecule has 1 atom stereocenters. The predicted octanol–water partition coefficient (Wildman–Crippen LogP) is 3.48. The fourth-order valence-corrected chi connectivity index (χ4v) is 2.24. The van der Waals surface area contributed by atoms with Crippen molar-refractivity contribution >= 4 is 11.6 Å².